The Kier molecular flexibility index (Phi) is 9.04. The molecule has 1 spiro atoms. The number of anilines is 1. The van der Waals surface area contributed by atoms with E-state index in [4.69, 9.17) is 25.8 Å². The van der Waals surface area contributed by atoms with Crippen molar-refractivity contribution in [3.63, 3.8) is 0 Å². The molecule has 9 nitrogen and oxygen atoms in total. The molecule has 7 rings (SSSR count). The van der Waals surface area contributed by atoms with Gasteiger partial charge in [-0.2, -0.15) is 0 Å². The number of allylic oxidation sites excluding steroid dienone is 1. The Labute approximate surface area is 289 Å². The van der Waals surface area contributed by atoms with Crippen molar-refractivity contribution >= 4 is 39.1 Å². The number of nitrogens with one attached hydrogen (secondary N) is 1. The highest BCUT2D eigenvalue weighted by molar-refractivity contribution is 7.90. The minimum atomic E-state index is -3.96. The van der Waals surface area contributed by atoms with Crippen molar-refractivity contribution in [1.29, 1.82) is 0 Å². The average Bonchev–Trinajstić information content (AvgIpc) is 3.51. The number of halogens is 1. The number of benzene rings is 2. The van der Waals surface area contributed by atoms with Gasteiger partial charge < -0.3 is 19.1 Å². The molecule has 258 valence electrons. The van der Waals surface area contributed by atoms with E-state index in [2.05, 4.69) is 38.9 Å². The van der Waals surface area contributed by atoms with Gasteiger partial charge in [-0.1, -0.05) is 36.7 Å². The van der Waals surface area contributed by atoms with Gasteiger partial charge in [-0.15, -0.1) is 0 Å². The normalized spacial score (nSPS) is 33.5. The Bertz CT molecular complexity index is 1750. The van der Waals surface area contributed by atoms with Crippen molar-refractivity contribution in [1.82, 2.24) is 4.72 Å². The van der Waals surface area contributed by atoms with E-state index in [0.717, 1.165) is 49.4 Å². The molecule has 2 bridgehead atoms. The monoisotopic (exact) mass is 695 g/mol. The largest absolute Gasteiger partial charge is 0.490 e. The number of amides is 1. The fourth-order valence-electron chi connectivity index (χ4n) is 8.56. The molecule has 0 unspecified atom stereocenters. The van der Waals surface area contributed by atoms with Crippen LogP contribution >= 0.6 is 11.6 Å². The van der Waals surface area contributed by atoms with Crippen LogP contribution in [-0.2, 0) is 31.3 Å². The molecule has 11 heteroatoms. The number of hydrogen-bond acceptors (Lipinski definition) is 8. The zero-order valence-electron chi connectivity index (χ0n) is 28.0. The maximum absolute atomic E-state index is 13.5. The van der Waals surface area contributed by atoms with Crippen LogP contribution in [0.3, 0.4) is 0 Å². The van der Waals surface area contributed by atoms with E-state index in [9.17, 15) is 13.2 Å². The van der Waals surface area contributed by atoms with Crippen molar-refractivity contribution < 1.29 is 27.4 Å². The lowest BCUT2D eigenvalue weighted by atomic mass is 9.63. The molecule has 2 aromatic rings. The van der Waals surface area contributed by atoms with E-state index in [1.807, 2.05) is 25.1 Å². The molecule has 0 saturated heterocycles. The predicted octanol–water partition coefficient (Wildman–Crippen LogP) is 6.09. The molecule has 3 aliphatic heterocycles. The highest BCUT2D eigenvalue weighted by Crippen LogP contribution is 2.50. The summed E-state index contributed by atoms with van der Waals surface area (Å²) in [4.78, 5) is 20.6. The van der Waals surface area contributed by atoms with Crippen molar-refractivity contribution in [2.45, 2.75) is 75.1 Å². The zero-order chi connectivity index (χ0) is 33.7. The maximum atomic E-state index is 13.5. The minimum absolute atomic E-state index is 0.183. The number of aryl methyl sites for hydroxylation is 1. The topological polar surface area (TPSA) is 107 Å². The Morgan fingerprint density at radius 2 is 2.00 bits per heavy atom. The molecule has 3 heterocycles. The third kappa shape index (κ3) is 6.13. The van der Waals surface area contributed by atoms with Gasteiger partial charge in [0.1, 0.15) is 12.4 Å². The Hall–Kier alpha value is -3.08. The zero-order valence-corrected chi connectivity index (χ0v) is 29.6. The quantitative estimate of drug-likeness (QED) is 0.388. The summed E-state index contributed by atoms with van der Waals surface area (Å²) in [6.45, 7) is 6.70. The summed E-state index contributed by atoms with van der Waals surface area (Å²) in [6.07, 6.45) is 10.2. The van der Waals surface area contributed by atoms with E-state index >= 15 is 0 Å². The molecule has 5 aliphatic rings. The van der Waals surface area contributed by atoms with Crippen LogP contribution in [0, 0.1) is 17.8 Å². The second kappa shape index (κ2) is 13.0. The van der Waals surface area contributed by atoms with E-state index in [0.29, 0.717) is 50.8 Å². The van der Waals surface area contributed by atoms with Gasteiger partial charge in [0.25, 0.3) is 5.91 Å². The average molecular weight is 696 g/mol. The lowest BCUT2D eigenvalue weighted by Gasteiger charge is -2.50. The molecule has 48 heavy (non-hydrogen) atoms. The number of ether oxygens (including phenoxy) is 3. The van der Waals surface area contributed by atoms with Crippen molar-refractivity contribution in [3.05, 3.63) is 70.3 Å². The van der Waals surface area contributed by atoms with Crippen LogP contribution in [0.4, 0.5) is 5.69 Å². The lowest BCUT2D eigenvalue weighted by molar-refractivity contribution is -0.0722. The number of nitrogens with zero attached hydrogens (tertiary/aromatic N) is 2. The number of rotatable bonds is 3. The fourth-order valence-corrected chi connectivity index (χ4v) is 10.0. The maximum Gasteiger partial charge on any atom is 0.264 e. The van der Waals surface area contributed by atoms with Crippen LogP contribution in [0.2, 0.25) is 5.02 Å². The second-order valence-electron chi connectivity index (χ2n) is 14.5. The molecule has 2 aromatic carbocycles. The first-order chi connectivity index (χ1) is 23.0. The third-order valence-electron chi connectivity index (χ3n) is 11.7. The Balaban J connectivity index is 1.33. The van der Waals surface area contributed by atoms with Crippen LogP contribution in [-0.4, -0.2) is 71.0 Å². The molecule has 6 atom stereocenters. The van der Waals surface area contributed by atoms with Crippen LogP contribution in [0.5, 0.6) is 5.75 Å². The number of aliphatic imine (C=N–C) groups is 1. The molecule has 1 saturated carbocycles. The predicted molar refractivity (Wildman–Crippen MR) is 188 cm³/mol. The number of methoxy groups -OCH3 is 1. The molecular formula is C37H46ClN3O6S. The van der Waals surface area contributed by atoms with E-state index in [1.165, 1.54) is 11.1 Å². The summed E-state index contributed by atoms with van der Waals surface area (Å²) >= 11 is 6.46. The standard InChI is InChI=1S/C37H46ClN3O6S/c1-24-6-4-15-37(45-3,20-34-39-16-17-46-34)31-11-8-28(31)21-41-22-36(14-5-7-26-18-29(38)10-12-30(26)36)23-47-33-13-9-27(19-32(33)41)35(42)40-48(43,44)25(24)2/h4,9-10,12-13,15,18-19,24-25,28,31H,5-8,11,14,16-17,20-23H2,1-3H3,(H,40,42)/b15-4+/t24-,25+,28-,31+,36-,37+/m0/s1. The van der Waals surface area contributed by atoms with Gasteiger partial charge in [0.15, 0.2) is 5.90 Å². The third-order valence-corrected chi connectivity index (χ3v) is 13.8. The first-order valence-corrected chi connectivity index (χ1v) is 19.2. The highest BCUT2D eigenvalue weighted by Gasteiger charge is 2.50. The van der Waals surface area contributed by atoms with Crippen LogP contribution in [0.25, 0.3) is 0 Å². The van der Waals surface area contributed by atoms with Gasteiger partial charge in [0.05, 0.1) is 36.1 Å². The summed E-state index contributed by atoms with van der Waals surface area (Å²) < 4.78 is 48.3. The van der Waals surface area contributed by atoms with Crippen molar-refractivity contribution in [2.24, 2.45) is 22.7 Å². The summed E-state index contributed by atoms with van der Waals surface area (Å²) in [7, 11) is -2.19. The molecule has 1 amide bonds. The van der Waals surface area contributed by atoms with Gasteiger partial charge in [-0.3, -0.25) is 9.79 Å². The number of fused-ring (bicyclic) bond motifs is 4. The SMILES string of the molecule is CO[C@@]1(CC2=NCCO2)/C=C/C[C@H](C)[C@@H](C)S(=O)(=O)NC(=O)c2ccc3c(c2)N(C[C@@H]2CC[C@H]21)C[C@@]1(CCCc2cc(Cl)ccc21)CO3. The first kappa shape index (κ1) is 33.4. The van der Waals surface area contributed by atoms with E-state index in [-0.39, 0.29) is 28.7 Å². The Morgan fingerprint density at radius 3 is 2.75 bits per heavy atom. The van der Waals surface area contributed by atoms with Crippen molar-refractivity contribution in [2.75, 3.05) is 44.9 Å². The summed E-state index contributed by atoms with van der Waals surface area (Å²) in [6, 6.07) is 11.5. The summed E-state index contributed by atoms with van der Waals surface area (Å²) in [5.41, 5.74) is 2.68. The minimum Gasteiger partial charge on any atom is -0.490 e. The highest BCUT2D eigenvalue weighted by atomic mass is 35.5. The summed E-state index contributed by atoms with van der Waals surface area (Å²) in [5, 5.41) is -0.0598. The molecule has 0 radical (unpaired) electrons. The van der Waals surface area contributed by atoms with Gasteiger partial charge in [0.2, 0.25) is 10.0 Å². The first-order valence-electron chi connectivity index (χ1n) is 17.3. The molecule has 2 aliphatic carbocycles. The van der Waals surface area contributed by atoms with Crippen LogP contribution < -0.4 is 14.4 Å². The van der Waals surface area contributed by atoms with Gasteiger partial charge in [-0.05, 0) is 105 Å². The van der Waals surface area contributed by atoms with Gasteiger partial charge in [0, 0.05) is 36.2 Å². The number of carbonyl (C=O) groups is 1. The molecular weight excluding hydrogens is 650 g/mol. The fraction of sp³-hybridized carbons (Fsp3) is 0.568. The summed E-state index contributed by atoms with van der Waals surface area (Å²) in [5.74, 6) is 0.998. The number of carbonyl (C=O) groups excluding carboxylic acids is 1. The van der Waals surface area contributed by atoms with Gasteiger partial charge in [-0.25, -0.2) is 13.1 Å². The molecule has 1 fully saturated rings. The second-order valence-corrected chi connectivity index (χ2v) is 17.0. The molecule has 0 aromatic heterocycles. The smallest absolute Gasteiger partial charge is 0.264 e. The van der Waals surface area contributed by atoms with Crippen LogP contribution in [0.1, 0.15) is 73.9 Å². The number of hydrogen-bond donors (Lipinski definition) is 1. The van der Waals surface area contributed by atoms with Crippen molar-refractivity contribution in [3.8, 4) is 5.75 Å². The van der Waals surface area contributed by atoms with E-state index in [1.54, 1.807) is 20.1 Å². The Morgan fingerprint density at radius 1 is 1.15 bits per heavy atom. The van der Waals surface area contributed by atoms with Gasteiger partial charge >= 0.3 is 0 Å². The molecule has 1 N–H and O–H groups in total. The van der Waals surface area contributed by atoms with Crippen LogP contribution in [0.15, 0.2) is 53.5 Å². The van der Waals surface area contributed by atoms with E-state index < -0.39 is 26.8 Å². The lowest BCUT2D eigenvalue weighted by Crippen LogP contribution is -2.53. The number of sulfonamides is 1.